The van der Waals surface area contributed by atoms with Crippen LogP contribution in [0.5, 0.6) is 0 Å². The number of nitrogens with zero attached hydrogens (tertiary/aromatic N) is 4. The number of likely N-dealkylation sites (tertiary alicyclic amines) is 1. The fourth-order valence-corrected chi connectivity index (χ4v) is 2.95. The number of nitriles is 1. The molecule has 2 aliphatic heterocycles. The number of hydrogen-bond acceptors (Lipinski definition) is 6. The Hall–Kier alpha value is -1.94. The molecule has 7 nitrogen and oxygen atoms in total. The smallest absolute Gasteiger partial charge is 0.240 e. The van der Waals surface area contributed by atoms with Crippen molar-refractivity contribution >= 4 is 5.91 Å². The zero-order valence-corrected chi connectivity index (χ0v) is 11.4. The highest BCUT2D eigenvalue weighted by Gasteiger charge is 2.38. The fraction of sp³-hybridized carbons (Fsp3) is 0.692. The van der Waals surface area contributed by atoms with E-state index in [2.05, 4.69) is 21.6 Å². The minimum atomic E-state index is -0.269. The first-order chi connectivity index (χ1) is 9.69. The van der Waals surface area contributed by atoms with Gasteiger partial charge in [0.25, 0.3) is 0 Å². The molecule has 1 N–H and O–H groups in total. The van der Waals surface area contributed by atoms with Crippen LogP contribution in [-0.2, 0) is 4.79 Å². The third kappa shape index (κ3) is 2.27. The molecule has 0 bridgehead atoms. The van der Waals surface area contributed by atoms with Crippen molar-refractivity contribution in [2.24, 2.45) is 0 Å². The number of hydrogen-bond donors (Lipinski definition) is 1. The summed E-state index contributed by atoms with van der Waals surface area (Å²) in [6.45, 7) is 3.09. The number of nitrogens with one attached hydrogen (secondary N) is 1. The summed E-state index contributed by atoms with van der Waals surface area (Å²) < 4.78 is 5.42. The van der Waals surface area contributed by atoms with E-state index < -0.39 is 0 Å². The first-order valence-corrected chi connectivity index (χ1v) is 6.92. The van der Waals surface area contributed by atoms with Crippen molar-refractivity contribution in [2.45, 2.75) is 44.2 Å². The van der Waals surface area contributed by atoms with Crippen molar-refractivity contribution in [1.29, 1.82) is 5.26 Å². The molecule has 0 spiro atoms. The first kappa shape index (κ1) is 13.1. The van der Waals surface area contributed by atoms with Crippen LogP contribution in [0.15, 0.2) is 4.42 Å². The second-order valence-corrected chi connectivity index (χ2v) is 5.37. The third-order valence-corrected chi connectivity index (χ3v) is 4.00. The van der Waals surface area contributed by atoms with E-state index in [1.54, 1.807) is 11.8 Å². The van der Waals surface area contributed by atoms with E-state index in [9.17, 15) is 4.79 Å². The number of aromatic nitrogens is 2. The van der Waals surface area contributed by atoms with Gasteiger partial charge in [0.2, 0.25) is 17.7 Å². The molecular weight excluding hydrogens is 258 g/mol. The van der Waals surface area contributed by atoms with Crippen LogP contribution in [0.2, 0.25) is 0 Å². The summed E-state index contributed by atoms with van der Waals surface area (Å²) in [5.74, 6) is 1.23. The summed E-state index contributed by atoms with van der Waals surface area (Å²) in [7, 11) is 0. The number of rotatable bonds is 2. The summed E-state index contributed by atoms with van der Waals surface area (Å²) in [6, 6.07) is 1.68. The number of amides is 1. The van der Waals surface area contributed by atoms with E-state index in [1.165, 1.54) is 0 Å². The van der Waals surface area contributed by atoms with Gasteiger partial charge in [-0.15, -0.1) is 10.2 Å². The Kier molecular flexibility index (Phi) is 3.40. The third-order valence-electron chi connectivity index (χ3n) is 4.00. The molecule has 3 atom stereocenters. The molecular formula is C13H17N5O2. The fourth-order valence-electron chi connectivity index (χ4n) is 2.95. The van der Waals surface area contributed by atoms with E-state index in [1.807, 2.05) is 0 Å². The van der Waals surface area contributed by atoms with Gasteiger partial charge >= 0.3 is 0 Å². The van der Waals surface area contributed by atoms with Gasteiger partial charge in [0.1, 0.15) is 6.04 Å². The summed E-state index contributed by atoms with van der Waals surface area (Å²) in [6.07, 6.45) is 2.33. The molecule has 3 rings (SSSR count). The largest absolute Gasteiger partial charge is 0.425 e. The van der Waals surface area contributed by atoms with Gasteiger partial charge < -0.3 is 14.6 Å². The lowest BCUT2D eigenvalue weighted by molar-refractivity contribution is -0.133. The van der Waals surface area contributed by atoms with Gasteiger partial charge in [-0.2, -0.15) is 5.26 Å². The number of aryl methyl sites for hydroxylation is 1. The highest BCUT2D eigenvalue weighted by molar-refractivity contribution is 5.83. The lowest BCUT2D eigenvalue weighted by Gasteiger charge is -2.23. The summed E-state index contributed by atoms with van der Waals surface area (Å²) in [4.78, 5) is 14.1. The predicted molar refractivity (Wildman–Crippen MR) is 68.5 cm³/mol. The summed E-state index contributed by atoms with van der Waals surface area (Å²) >= 11 is 0. The Bertz CT molecular complexity index is 549. The highest BCUT2D eigenvalue weighted by atomic mass is 16.4. The van der Waals surface area contributed by atoms with Gasteiger partial charge in [-0.1, -0.05) is 0 Å². The van der Waals surface area contributed by atoms with Crippen molar-refractivity contribution in [3.8, 4) is 6.07 Å². The predicted octanol–water partition coefficient (Wildman–Crippen LogP) is 0.338. The number of carbonyl (C=O) groups excluding carboxylic acids is 1. The van der Waals surface area contributed by atoms with Crippen molar-refractivity contribution in [3.63, 3.8) is 0 Å². The molecule has 7 heteroatoms. The Morgan fingerprint density at radius 3 is 3.10 bits per heavy atom. The minimum absolute atomic E-state index is 0.0211. The van der Waals surface area contributed by atoms with Crippen LogP contribution in [0.3, 0.4) is 0 Å². The van der Waals surface area contributed by atoms with Crippen molar-refractivity contribution in [1.82, 2.24) is 20.4 Å². The second-order valence-electron chi connectivity index (χ2n) is 5.37. The van der Waals surface area contributed by atoms with Crippen LogP contribution >= 0.6 is 0 Å². The Balaban J connectivity index is 1.65. The van der Waals surface area contributed by atoms with E-state index in [4.69, 9.17) is 9.68 Å². The number of carbonyl (C=O) groups is 1. The van der Waals surface area contributed by atoms with Crippen LogP contribution < -0.4 is 5.32 Å². The van der Waals surface area contributed by atoms with Crippen LogP contribution in [0.1, 0.15) is 37.0 Å². The van der Waals surface area contributed by atoms with Crippen LogP contribution in [0, 0.1) is 18.3 Å². The molecule has 1 amide bonds. The van der Waals surface area contributed by atoms with Crippen molar-refractivity contribution in [3.05, 3.63) is 11.8 Å². The van der Waals surface area contributed by atoms with Gasteiger partial charge in [0, 0.05) is 20.0 Å². The lowest BCUT2D eigenvalue weighted by Crippen LogP contribution is -2.45. The highest BCUT2D eigenvalue weighted by Crippen LogP contribution is 2.27. The van der Waals surface area contributed by atoms with Crippen molar-refractivity contribution < 1.29 is 9.21 Å². The lowest BCUT2D eigenvalue weighted by atomic mass is 10.0. The molecule has 1 aromatic rings. The molecule has 2 aliphatic rings. The van der Waals surface area contributed by atoms with E-state index in [0.29, 0.717) is 31.3 Å². The standard InChI is InChI=1S/C13H17N5O2/c1-8-16-17-12(20-8)9-5-11(15-7-9)13(19)18-4-2-3-10(18)6-14/h9-11,15H,2-5,7H2,1H3/t9-,10?,11-/m0/s1. The zero-order valence-electron chi connectivity index (χ0n) is 11.4. The summed E-state index contributed by atoms with van der Waals surface area (Å²) in [5, 5.41) is 20.1. The Labute approximate surface area is 116 Å². The van der Waals surface area contributed by atoms with Crippen LogP contribution in [0.25, 0.3) is 0 Å². The zero-order chi connectivity index (χ0) is 14.1. The summed E-state index contributed by atoms with van der Waals surface area (Å²) in [5.41, 5.74) is 0. The molecule has 20 heavy (non-hydrogen) atoms. The molecule has 0 aromatic carbocycles. The molecule has 2 saturated heterocycles. The van der Waals surface area contributed by atoms with Gasteiger partial charge in [-0.3, -0.25) is 4.79 Å². The van der Waals surface area contributed by atoms with E-state index in [0.717, 1.165) is 12.8 Å². The first-order valence-electron chi connectivity index (χ1n) is 6.92. The molecule has 0 aliphatic carbocycles. The van der Waals surface area contributed by atoms with Gasteiger partial charge in [0.05, 0.1) is 18.0 Å². The molecule has 3 heterocycles. The van der Waals surface area contributed by atoms with E-state index in [-0.39, 0.29) is 23.9 Å². The Morgan fingerprint density at radius 1 is 1.55 bits per heavy atom. The quantitative estimate of drug-likeness (QED) is 0.836. The van der Waals surface area contributed by atoms with Crippen LogP contribution in [-0.4, -0.2) is 46.2 Å². The molecule has 1 aromatic heterocycles. The maximum Gasteiger partial charge on any atom is 0.240 e. The van der Waals surface area contributed by atoms with Gasteiger partial charge in [-0.25, -0.2) is 0 Å². The van der Waals surface area contributed by atoms with Crippen LogP contribution in [0.4, 0.5) is 0 Å². The second kappa shape index (κ2) is 5.21. The van der Waals surface area contributed by atoms with Crippen molar-refractivity contribution in [2.75, 3.05) is 13.1 Å². The molecule has 0 radical (unpaired) electrons. The molecule has 0 saturated carbocycles. The van der Waals surface area contributed by atoms with Gasteiger partial charge in [-0.05, 0) is 19.3 Å². The SMILES string of the molecule is Cc1nnc([C@@H]2CN[C@H](C(=O)N3CCCC3C#N)C2)o1. The van der Waals surface area contributed by atoms with E-state index >= 15 is 0 Å². The average Bonchev–Trinajstić information content (AvgIpc) is 3.17. The normalized spacial score (nSPS) is 29.6. The maximum absolute atomic E-state index is 12.4. The molecule has 1 unspecified atom stereocenters. The average molecular weight is 275 g/mol. The topological polar surface area (TPSA) is 95.0 Å². The molecule has 2 fully saturated rings. The maximum atomic E-state index is 12.4. The Morgan fingerprint density at radius 2 is 2.40 bits per heavy atom. The van der Waals surface area contributed by atoms with Gasteiger partial charge in [0.15, 0.2) is 0 Å². The minimum Gasteiger partial charge on any atom is -0.425 e. The monoisotopic (exact) mass is 275 g/mol. The molecule has 106 valence electrons.